The summed E-state index contributed by atoms with van der Waals surface area (Å²) >= 11 is 1.54. The molecule has 262 valence electrons. The van der Waals surface area contributed by atoms with Crippen LogP contribution in [0.3, 0.4) is 0 Å². The average molecular weight is 686 g/mol. The summed E-state index contributed by atoms with van der Waals surface area (Å²) in [6, 6.07) is 16.4. The lowest BCUT2D eigenvalue weighted by atomic mass is 9.95. The Morgan fingerprint density at radius 2 is 1.59 bits per heavy atom. The third-order valence-corrected chi connectivity index (χ3v) is 11.7. The molecule has 1 unspecified atom stereocenters. The van der Waals surface area contributed by atoms with Crippen LogP contribution in [-0.4, -0.2) is 77.0 Å². The number of nitrogens with zero attached hydrogens (tertiary/aromatic N) is 3. The Balaban J connectivity index is 1.15. The first kappa shape index (κ1) is 35.1. The van der Waals surface area contributed by atoms with Gasteiger partial charge in [0.25, 0.3) is 11.8 Å². The lowest BCUT2D eigenvalue weighted by Crippen LogP contribution is -2.50. The smallest absolute Gasteiger partial charge is 0.320 e. The van der Waals surface area contributed by atoms with Gasteiger partial charge in [-0.3, -0.25) is 24.2 Å². The van der Waals surface area contributed by atoms with Gasteiger partial charge in [-0.05, 0) is 119 Å². The van der Waals surface area contributed by atoms with Crippen LogP contribution in [0.1, 0.15) is 102 Å². The molecule has 2 aliphatic carbocycles. The Labute approximate surface area is 294 Å². The first-order valence-electron chi connectivity index (χ1n) is 18.2. The van der Waals surface area contributed by atoms with Gasteiger partial charge in [0.15, 0.2) is 0 Å². The third kappa shape index (κ3) is 8.19. The van der Waals surface area contributed by atoms with Gasteiger partial charge in [-0.15, -0.1) is 11.3 Å². The van der Waals surface area contributed by atoms with Crippen molar-refractivity contribution in [2.75, 3.05) is 41.7 Å². The number of rotatable bonds is 14. The van der Waals surface area contributed by atoms with E-state index in [9.17, 15) is 19.5 Å². The second-order valence-electron chi connectivity index (χ2n) is 13.7. The second-order valence-corrected chi connectivity index (χ2v) is 14.8. The summed E-state index contributed by atoms with van der Waals surface area (Å²) in [5.74, 6) is -1.12. The highest BCUT2D eigenvalue weighted by molar-refractivity contribution is 7.17. The van der Waals surface area contributed by atoms with Gasteiger partial charge in [-0.1, -0.05) is 19.1 Å². The molecule has 1 aliphatic heterocycles. The maximum absolute atomic E-state index is 13.8. The molecule has 3 aromatic rings. The van der Waals surface area contributed by atoms with E-state index in [1.807, 2.05) is 49.4 Å². The van der Waals surface area contributed by atoms with Crippen LogP contribution >= 0.6 is 11.3 Å². The monoisotopic (exact) mass is 685 g/mol. The minimum absolute atomic E-state index is 0.182. The summed E-state index contributed by atoms with van der Waals surface area (Å²) < 4.78 is 0. The third-order valence-electron chi connectivity index (χ3n) is 10.5. The number of piperidine rings is 1. The number of fused-ring (bicyclic) bond motifs is 1. The van der Waals surface area contributed by atoms with E-state index in [-0.39, 0.29) is 11.8 Å². The van der Waals surface area contributed by atoms with E-state index in [4.69, 9.17) is 0 Å². The fraction of sp³-hybridized carbons (Fsp3) is 0.513. The summed E-state index contributed by atoms with van der Waals surface area (Å²) in [5.41, 5.74) is 5.20. The van der Waals surface area contributed by atoms with Crippen LogP contribution in [0, 0.1) is 0 Å². The van der Waals surface area contributed by atoms with Crippen molar-refractivity contribution in [3.05, 3.63) is 75.7 Å². The first-order valence-corrected chi connectivity index (χ1v) is 19.0. The number of aliphatic carboxylic acids is 1. The van der Waals surface area contributed by atoms with Gasteiger partial charge in [0.05, 0.1) is 5.56 Å². The van der Waals surface area contributed by atoms with Crippen molar-refractivity contribution < 1.29 is 19.5 Å². The number of amides is 2. The Hall–Kier alpha value is -3.73. The number of carboxylic acid groups (broad SMARTS) is 1. The van der Waals surface area contributed by atoms with Crippen molar-refractivity contribution in [3.63, 3.8) is 0 Å². The molecule has 0 bridgehead atoms. The summed E-state index contributed by atoms with van der Waals surface area (Å²) in [6.07, 6.45) is 8.78. The zero-order chi connectivity index (χ0) is 34.5. The average Bonchev–Trinajstić information content (AvgIpc) is 3.89. The van der Waals surface area contributed by atoms with Crippen molar-refractivity contribution >= 4 is 45.5 Å². The molecule has 49 heavy (non-hydrogen) atoms. The number of hydrogen-bond donors (Lipinski definition) is 3. The number of aryl methyl sites for hydroxylation is 1. The van der Waals surface area contributed by atoms with Gasteiger partial charge in [0, 0.05) is 66.6 Å². The molecular weight excluding hydrogens is 635 g/mol. The van der Waals surface area contributed by atoms with Gasteiger partial charge >= 0.3 is 5.97 Å². The number of carbonyl (C=O) groups is 3. The molecule has 1 saturated carbocycles. The molecule has 1 aromatic heterocycles. The molecule has 0 radical (unpaired) electrons. The number of likely N-dealkylation sites (tertiary alicyclic amines) is 1. The molecule has 2 fully saturated rings. The zero-order valence-electron chi connectivity index (χ0n) is 29.2. The van der Waals surface area contributed by atoms with Crippen molar-refractivity contribution in [1.82, 2.24) is 9.80 Å². The molecule has 3 N–H and O–H groups in total. The maximum Gasteiger partial charge on any atom is 0.320 e. The molecule has 0 spiro atoms. The first-order chi connectivity index (χ1) is 23.8. The molecule has 9 nitrogen and oxygen atoms in total. The van der Waals surface area contributed by atoms with E-state index in [0.29, 0.717) is 34.6 Å². The van der Waals surface area contributed by atoms with Gasteiger partial charge in [0.1, 0.15) is 11.0 Å². The largest absolute Gasteiger partial charge is 0.480 e. The summed E-state index contributed by atoms with van der Waals surface area (Å²) in [4.78, 5) is 47.5. The van der Waals surface area contributed by atoms with Gasteiger partial charge < -0.3 is 20.6 Å². The number of thiophene rings is 1. The van der Waals surface area contributed by atoms with Crippen molar-refractivity contribution in [3.8, 4) is 0 Å². The molecule has 2 heterocycles. The molecule has 1 saturated heterocycles. The van der Waals surface area contributed by atoms with E-state index < -0.39 is 12.0 Å². The van der Waals surface area contributed by atoms with E-state index in [1.54, 1.807) is 0 Å². The molecule has 2 amide bonds. The Morgan fingerprint density at radius 3 is 2.24 bits per heavy atom. The van der Waals surface area contributed by atoms with E-state index in [2.05, 4.69) is 45.2 Å². The van der Waals surface area contributed by atoms with Crippen LogP contribution in [0.15, 0.2) is 48.5 Å². The lowest BCUT2D eigenvalue weighted by molar-refractivity contribution is -0.144. The highest BCUT2D eigenvalue weighted by atomic mass is 32.1. The van der Waals surface area contributed by atoms with Crippen LogP contribution in [0.5, 0.6) is 0 Å². The predicted molar refractivity (Wildman–Crippen MR) is 198 cm³/mol. The standard InChI is InChI=1S/C39H51N5O4S/c1-4-33(39(47)48)43-22-20-31(21-23-43)44(30-18-19-30)25-26-10-9-11-27(24-26)36(45)41-38-35(32-12-7-8-13-34(32)49-38)37(46)40-28-14-16-29(17-15-28)42(5-2)6-3/h9-11,14-17,24,30-31,33H,4-8,12-13,18-23,25H2,1-3H3,(H,40,46)(H,41,45)(H,47,48). The van der Waals surface area contributed by atoms with Crippen molar-refractivity contribution in [2.24, 2.45) is 0 Å². The normalized spacial score (nSPS) is 17.4. The Bertz CT molecular complexity index is 1620. The summed E-state index contributed by atoms with van der Waals surface area (Å²) in [5, 5.41) is 16.5. The predicted octanol–water partition coefficient (Wildman–Crippen LogP) is 7.27. The van der Waals surface area contributed by atoms with Crippen LogP contribution in [-0.2, 0) is 24.2 Å². The summed E-state index contributed by atoms with van der Waals surface area (Å²) in [7, 11) is 0. The number of carboxylic acids is 1. The fourth-order valence-electron chi connectivity index (χ4n) is 7.71. The topological polar surface area (TPSA) is 105 Å². The number of hydrogen-bond acceptors (Lipinski definition) is 7. The van der Waals surface area contributed by atoms with Gasteiger partial charge in [-0.25, -0.2) is 0 Å². The minimum Gasteiger partial charge on any atom is -0.480 e. The van der Waals surface area contributed by atoms with Crippen LogP contribution in [0.25, 0.3) is 0 Å². The molecule has 2 aromatic carbocycles. The van der Waals surface area contributed by atoms with Crippen LogP contribution < -0.4 is 15.5 Å². The van der Waals surface area contributed by atoms with E-state index in [0.717, 1.165) is 93.8 Å². The van der Waals surface area contributed by atoms with Crippen molar-refractivity contribution in [1.29, 1.82) is 0 Å². The molecule has 3 aliphatic rings. The lowest BCUT2D eigenvalue weighted by Gasteiger charge is -2.40. The fourth-order valence-corrected chi connectivity index (χ4v) is 8.99. The Kier molecular flexibility index (Phi) is 11.4. The highest BCUT2D eigenvalue weighted by Crippen LogP contribution is 2.39. The molecule has 1 atom stereocenters. The Morgan fingerprint density at radius 1 is 0.898 bits per heavy atom. The number of carbonyl (C=O) groups excluding carboxylic acids is 2. The zero-order valence-corrected chi connectivity index (χ0v) is 30.0. The van der Waals surface area contributed by atoms with Crippen LogP contribution in [0.4, 0.5) is 16.4 Å². The van der Waals surface area contributed by atoms with E-state index >= 15 is 0 Å². The number of anilines is 3. The van der Waals surface area contributed by atoms with Crippen LogP contribution in [0.2, 0.25) is 0 Å². The number of nitrogens with one attached hydrogen (secondary N) is 2. The molecular formula is C39H51N5O4S. The SMILES string of the molecule is CCC(C(=O)O)N1CCC(N(Cc2cccc(C(=O)Nc3sc4c(c3C(=O)Nc3ccc(N(CC)CC)cc3)CCCC4)c2)C2CC2)CC1. The maximum atomic E-state index is 13.8. The van der Waals surface area contributed by atoms with Crippen molar-refractivity contribution in [2.45, 2.75) is 103 Å². The quantitative estimate of drug-likeness (QED) is 0.164. The highest BCUT2D eigenvalue weighted by Gasteiger charge is 2.37. The summed E-state index contributed by atoms with van der Waals surface area (Å²) in [6.45, 7) is 10.4. The second kappa shape index (κ2) is 15.9. The van der Waals surface area contributed by atoms with Gasteiger partial charge in [-0.2, -0.15) is 0 Å². The molecule has 6 rings (SSSR count). The van der Waals surface area contributed by atoms with E-state index in [1.165, 1.54) is 29.1 Å². The van der Waals surface area contributed by atoms with Gasteiger partial charge in [0.2, 0.25) is 0 Å². The molecule has 10 heteroatoms. The number of benzene rings is 2. The minimum atomic E-state index is -0.730.